The molecule has 1 amide bonds. The lowest BCUT2D eigenvalue weighted by molar-refractivity contribution is -0.118. The number of carbonyl (C=O) groups is 1. The van der Waals surface area contributed by atoms with Gasteiger partial charge in [-0.3, -0.25) is 4.79 Å². The molecule has 1 aromatic heterocycles. The van der Waals surface area contributed by atoms with Gasteiger partial charge < -0.3 is 5.32 Å². The van der Waals surface area contributed by atoms with E-state index < -0.39 is 0 Å². The molecule has 0 bridgehead atoms. The normalized spacial score (nSPS) is 10.6. The second kappa shape index (κ2) is 9.63. The average Bonchev–Trinajstić information content (AvgIpc) is 2.82. The molecule has 0 aromatic carbocycles. The summed E-state index contributed by atoms with van der Waals surface area (Å²) in [7, 11) is 0. The number of aromatic nitrogens is 2. The molecule has 1 N–H and O–H groups in total. The third-order valence-corrected chi connectivity index (χ3v) is 5.29. The van der Waals surface area contributed by atoms with Crippen LogP contribution in [0.3, 0.4) is 0 Å². The van der Waals surface area contributed by atoms with E-state index in [1.165, 1.54) is 24.6 Å². The van der Waals surface area contributed by atoms with E-state index in [0.29, 0.717) is 5.75 Å². The lowest BCUT2D eigenvalue weighted by atomic mass is 10.4. The third-order valence-electron chi connectivity index (χ3n) is 2.01. The fourth-order valence-electron chi connectivity index (χ4n) is 1.06. The second-order valence-electron chi connectivity index (χ2n) is 3.67. The van der Waals surface area contributed by atoms with Crippen molar-refractivity contribution in [1.29, 1.82) is 0 Å². The highest BCUT2D eigenvalue weighted by molar-refractivity contribution is 8.03. The van der Waals surface area contributed by atoms with Crippen molar-refractivity contribution in [2.75, 3.05) is 18.1 Å². The fourth-order valence-corrected chi connectivity index (χ4v) is 4.06. The Kier molecular flexibility index (Phi) is 8.45. The zero-order valence-electron chi connectivity index (χ0n) is 10.8. The van der Waals surface area contributed by atoms with Gasteiger partial charge in [0.05, 0.1) is 5.75 Å². The van der Waals surface area contributed by atoms with Crippen molar-refractivity contribution in [3.8, 4) is 0 Å². The maximum absolute atomic E-state index is 11.4. The Morgan fingerprint density at radius 3 is 2.61 bits per heavy atom. The summed E-state index contributed by atoms with van der Waals surface area (Å²) in [6, 6.07) is 0. The first-order valence-electron chi connectivity index (χ1n) is 6.12. The molecule has 0 spiro atoms. The first-order valence-corrected chi connectivity index (χ1v) is 8.90. The fraction of sp³-hybridized carbons (Fsp3) is 0.727. The number of nitrogens with one attached hydrogen (secondary N) is 1. The van der Waals surface area contributed by atoms with Crippen LogP contribution in [0.1, 0.15) is 33.1 Å². The van der Waals surface area contributed by atoms with E-state index in [1.54, 1.807) is 23.1 Å². The molecule has 0 aliphatic carbocycles. The maximum Gasteiger partial charge on any atom is 0.230 e. The van der Waals surface area contributed by atoms with Gasteiger partial charge in [-0.15, -0.1) is 10.2 Å². The Balaban J connectivity index is 2.24. The number of hydrogen-bond donors (Lipinski definition) is 1. The summed E-state index contributed by atoms with van der Waals surface area (Å²) in [5, 5.41) is 11.0. The van der Waals surface area contributed by atoms with Gasteiger partial charge in [-0.05, 0) is 12.8 Å². The van der Waals surface area contributed by atoms with Gasteiger partial charge in [-0.2, -0.15) is 0 Å². The van der Waals surface area contributed by atoms with Gasteiger partial charge in [0.25, 0.3) is 0 Å². The molecule has 0 aliphatic rings. The summed E-state index contributed by atoms with van der Waals surface area (Å²) in [6.45, 7) is 4.96. The smallest absolute Gasteiger partial charge is 0.230 e. The molecule has 1 rings (SSSR count). The van der Waals surface area contributed by atoms with Gasteiger partial charge in [0.15, 0.2) is 8.68 Å². The minimum Gasteiger partial charge on any atom is -0.355 e. The Morgan fingerprint density at radius 1 is 1.22 bits per heavy atom. The molecule has 0 fully saturated rings. The van der Waals surface area contributed by atoms with Gasteiger partial charge in [-0.1, -0.05) is 55.1 Å². The molecule has 0 unspecified atom stereocenters. The van der Waals surface area contributed by atoms with E-state index >= 15 is 0 Å². The first kappa shape index (κ1) is 15.8. The van der Waals surface area contributed by atoms with Gasteiger partial charge in [-0.25, -0.2) is 0 Å². The molecule has 18 heavy (non-hydrogen) atoms. The number of hydrogen-bond acceptors (Lipinski definition) is 6. The van der Waals surface area contributed by atoms with Crippen molar-refractivity contribution in [3.63, 3.8) is 0 Å². The zero-order chi connectivity index (χ0) is 13.2. The van der Waals surface area contributed by atoms with Crippen LogP contribution in [-0.2, 0) is 4.79 Å². The van der Waals surface area contributed by atoms with Crippen molar-refractivity contribution < 1.29 is 4.79 Å². The maximum atomic E-state index is 11.4. The highest BCUT2D eigenvalue weighted by atomic mass is 32.2. The van der Waals surface area contributed by atoms with E-state index in [0.717, 1.165) is 27.4 Å². The van der Waals surface area contributed by atoms with Gasteiger partial charge >= 0.3 is 0 Å². The van der Waals surface area contributed by atoms with E-state index in [1.807, 2.05) is 6.92 Å². The van der Waals surface area contributed by atoms with Crippen LogP contribution in [0.25, 0.3) is 0 Å². The summed E-state index contributed by atoms with van der Waals surface area (Å²) in [4.78, 5) is 11.4. The summed E-state index contributed by atoms with van der Waals surface area (Å²) < 4.78 is 1.88. The molecule has 0 aliphatic heterocycles. The Hall–Kier alpha value is -0.270. The molecule has 4 nitrogen and oxygen atoms in total. The van der Waals surface area contributed by atoms with Crippen molar-refractivity contribution in [1.82, 2.24) is 15.5 Å². The molecular weight excluding hydrogens is 286 g/mol. The van der Waals surface area contributed by atoms with E-state index in [2.05, 4.69) is 22.4 Å². The van der Waals surface area contributed by atoms with Gasteiger partial charge in [0, 0.05) is 12.3 Å². The number of unbranched alkanes of at least 4 members (excludes halogenated alkanes) is 1. The molecule has 102 valence electrons. The van der Waals surface area contributed by atoms with E-state index in [9.17, 15) is 4.79 Å². The van der Waals surface area contributed by atoms with Crippen LogP contribution in [0.5, 0.6) is 0 Å². The van der Waals surface area contributed by atoms with Crippen LogP contribution in [0.2, 0.25) is 0 Å². The summed E-state index contributed by atoms with van der Waals surface area (Å²) in [6.07, 6.45) is 3.37. The molecule has 0 saturated heterocycles. The van der Waals surface area contributed by atoms with Crippen molar-refractivity contribution in [3.05, 3.63) is 0 Å². The van der Waals surface area contributed by atoms with Crippen LogP contribution in [0.15, 0.2) is 8.68 Å². The van der Waals surface area contributed by atoms with Crippen LogP contribution >= 0.6 is 34.9 Å². The second-order valence-corrected chi connectivity index (χ2v) is 7.22. The quantitative estimate of drug-likeness (QED) is 0.561. The van der Waals surface area contributed by atoms with Gasteiger partial charge in [0.2, 0.25) is 5.91 Å². The number of rotatable bonds is 9. The number of nitrogens with zero attached hydrogens (tertiary/aromatic N) is 2. The van der Waals surface area contributed by atoms with Crippen molar-refractivity contribution >= 4 is 40.8 Å². The van der Waals surface area contributed by atoms with Crippen molar-refractivity contribution in [2.45, 2.75) is 41.8 Å². The standard InChI is InChI=1S/C11H19N3OS3/c1-3-5-7-16-10-13-14-11(18-10)17-8-9(15)12-6-4-2/h3-8H2,1-2H3,(H,12,15). The summed E-state index contributed by atoms with van der Waals surface area (Å²) >= 11 is 4.78. The first-order chi connectivity index (χ1) is 8.76. The lowest BCUT2D eigenvalue weighted by Crippen LogP contribution is -2.25. The zero-order valence-corrected chi connectivity index (χ0v) is 13.2. The SMILES string of the molecule is CCCCSc1nnc(SCC(=O)NCCC)s1. The predicted molar refractivity (Wildman–Crippen MR) is 79.6 cm³/mol. The largest absolute Gasteiger partial charge is 0.355 e. The van der Waals surface area contributed by atoms with Crippen LogP contribution in [0.4, 0.5) is 0 Å². The number of amides is 1. The average molecular weight is 305 g/mol. The van der Waals surface area contributed by atoms with E-state index in [4.69, 9.17) is 0 Å². The van der Waals surface area contributed by atoms with E-state index in [-0.39, 0.29) is 5.91 Å². The minimum absolute atomic E-state index is 0.0669. The highest BCUT2D eigenvalue weighted by Crippen LogP contribution is 2.28. The van der Waals surface area contributed by atoms with Crippen molar-refractivity contribution in [2.24, 2.45) is 0 Å². The summed E-state index contributed by atoms with van der Waals surface area (Å²) in [5.74, 6) is 1.58. The Bertz CT molecular complexity index is 357. The predicted octanol–water partition coefficient (Wildman–Crippen LogP) is 3.05. The lowest BCUT2D eigenvalue weighted by Gasteiger charge is -2.00. The third kappa shape index (κ3) is 6.61. The van der Waals surface area contributed by atoms with Crippen LogP contribution < -0.4 is 5.32 Å². The Labute approximate surface area is 121 Å². The monoisotopic (exact) mass is 305 g/mol. The number of thioether (sulfide) groups is 2. The molecular formula is C11H19N3OS3. The van der Waals surface area contributed by atoms with Crippen LogP contribution in [0, 0.1) is 0 Å². The highest BCUT2D eigenvalue weighted by Gasteiger charge is 2.07. The van der Waals surface area contributed by atoms with Gasteiger partial charge in [0.1, 0.15) is 0 Å². The Morgan fingerprint density at radius 2 is 1.94 bits per heavy atom. The topological polar surface area (TPSA) is 54.9 Å². The minimum atomic E-state index is 0.0669. The molecule has 1 heterocycles. The summed E-state index contributed by atoms with van der Waals surface area (Å²) in [5.41, 5.74) is 0. The van der Waals surface area contributed by atoms with Crippen LogP contribution in [-0.4, -0.2) is 34.2 Å². The molecule has 1 aromatic rings. The molecule has 0 atom stereocenters. The molecule has 0 saturated carbocycles. The number of carbonyl (C=O) groups excluding carboxylic acids is 1. The molecule has 0 radical (unpaired) electrons. The molecule has 7 heteroatoms.